The fourth-order valence-electron chi connectivity index (χ4n) is 3.48. The molecule has 1 aromatic heterocycles. The number of piperidine rings is 1. The number of amides is 1. The molecule has 154 valence electrons. The van der Waals surface area contributed by atoms with Crippen LogP contribution in [-0.4, -0.2) is 71.1 Å². The molecule has 9 nitrogen and oxygen atoms in total. The van der Waals surface area contributed by atoms with Gasteiger partial charge in [0.2, 0.25) is 0 Å². The summed E-state index contributed by atoms with van der Waals surface area (Å²) in [6.45, 7) is 7.25. The Morgan fingerprint density at radius 1 is 1.39 bits per heavy atom. The minimum Gasteiger partial charge on any atom is -0.444 e. The van der Waals surface area contributed by atoms with Gasteiger partial charge in [0, 0.05) is 33.7 Å². The van der Waals surface area contributed by atoms with Crippen molar-refractivity contribution in [3.63, 3.8) is 0 Å². The van der Waals surface area contributed by atoms with Crippen molar-refractivity contribution in [3.8, 4) is 0 Å². The Hall–Kier alpha value is -2.71. The third-order valence-electron chi connectivity index (χ3n) is 4.60. The molecular formula is C19H30N6O3. The van der Waals surface area contributed by atoms with Crippen molar-refractivity contribution in [1.82, 2.24) is 24.7 Å². The van der Waals surface area contributed by atoms with E-state index in [9.17, 15) is 9.59 Å². The molecule has 2 aliphatic rings. The van der Waals surface area contributed by atoms with Crippen molar-refractivity contribution in [3.05, 3.63) is 21.2 Å². The molecule has 1 unspecified atom stereocenters. The highest BCUT2D eigenvalue weighted by Crippen LogP contribution is 2.21. The van der Waals surface area contributed by atoms with Crippen LogP contribution in [0.2, 0.25) is 0 Å². The van der Waals surface area contributed by atoms with Gasteiger partial charge in [0.05, 0.1) is 17.7 Å². The molecule has 28 heavy (non-hydrogen) atoms. The molecule has 0 spiro atoms. The van der Waals surface area contributed by atoms with Crippen LogP contribution in [0.3, 0.4) is 0 Å². The Kier molecular flexibility index (Phi) is 5.53. The summed E-state index contributed by atoms with van der Waals surface area (Å²) in [6.07, 6.45) is 5.00. The van der Waals surface area contributed by atoms with Crippen molar-refractivity contribution in [2.24, 2.45) is 4.99 Å². The zero-order chi connectivity index (χ0) is 20.5. The molecular weight excluding hydrogens is 360 g/mol. The summed E-state index contributed by atoms with van der Waals surface area (Å²) in [5.41, 5.74) is -0.722. The van der Waals surface area contributed by atoms with Crippen molar-refractivity contribution < 1.29 is 9.53 Å². The molecule has 0 aromatic carbocycles. The van der Waals surface area contributed by atoms with Gasteiger partial charge in [-0.05, 0) is 39.7 Å². The van der Waals surface area contributed by atoms with Crippen LogP contribution < -0.4 is 21.7 Å². The summed E-state index contributed by atoms with van der Waals surface area (Å²) < 4.78 is 7.27. The van der Waals surface area contributed by atoms with Crippen LogP contribution in [-0.2, 0) is 4.74 Å². The summed E-state index contributed by atoms with van der Waals surface area (Å²) in [4.78, 5) is 36.1. The highest BCUT2D eigenvalue weighted by molar-refractivity contribution is 5.68. The largest absolute Gasteiger partial charge is 0.444 e. The Labute approximate surface area is 164 Å². The number of fused-ring (bicyclic) bond motifs is 1. The number of ether oxygens (including phenoxy) is 1. The first-order valence-electron chi connectivity index (χ1n) is 9.63. The second-order valence-electron chi connectivity index (χ2n) is 8.42. The normalized spacial score (nSPS) is 19.8. The molecule has 0 saturated carbocycles. The second-order valence-corrected chi connectivity index (χ2v) is 8.42. The van der Waals surface area contributed by atoms with Crippen LogP contribution in [0.15, 0.2) is 9.79 Å². The van der Waals surface area contributed by atoms with Crippen LogP contribution in [0.1, 0.15) is 39.7 Å². The van der Waals surface area contributed by atoms with E-state index < -0.39 is 5.60 Å². The summed E-state index contributed by atoms with van der Waals surface area (Å²) in [5, 5.41) is 4.70. The maximum absolute atomic E-state index is 12.7. The van der Waals surface area contributed by atoms with Gasteiger partial charge < -0.3 is 24.8 Å². The van der Waals surface area contributed by atoms with Crippen LogP contribution in [0, 0.1) is 0 Å². The Bertz CT molecular complexity index is 934. The molecule has 9 heteroatoms. The molecule has 1 atom stereocenters. The number of H-pyrrole nitrogens is 1. The van der Waals surface area contributed by atoms with E-state index in [0.717, 1.165) is 18.2 Å². The highest BCUT2D eigenvalue weighted by atomic mass is 16.6. The van der Waals surface area contributed by atoms with Gasteiger partial charge in [-0.3, -0.25) is 4.57 Å². The minimum atomic E-state index is -0.540. The third kappa shape index (κ3) is 4.40. The van der Waals surface area contributed by atoms with Crippen LogP contribution in [0.5, 0.6) is 0 Å². The number of hydrogen-bond donors (Lipinski definition) is 2. The Morgan fingerprint density at radius 2 is 2.14 bits per heavy atom. The molecule has 3 heterocycles. The maximum atomic E-state index is 12.7. The van der Waals surface area contributed by atoms with Gasteiger partial charge in [-0.15, -0.1) is 0 Å². The third-order valence-corrected chi connectivity index (χ3v) is 4.60. The van der Waals surface area contributed by atoms with Gasteiger partial charge in [0.25, 0.3) is 0 Å². The zero-order valence-corrected chi connectivity index (χ0v) is 17.3. The molecule has 2 N–H and O–H groups in total. The SMILES string of the molecule is CN(C)/C=N/C1=c2[nH]c(=O)n(C3CCCN(C(=O)OC(C)(C)C)C3)c2=CCN1. The monoisotopic (exact) mass is 390 g/mol. The number of imidazole rings is 1. The summed E-state index contributed by atoms with van der Waals surface area (Å²) >= 11 is 0. The van der Waals surface area contributed by atoms with E-state index in [4.69, 9.17) is 4.74 Å². The topological polar surface area (TPSA) is 95.0 Å². The number of carbonyl (C=O) groups excluding carboxylic acids is 1. The number of nitrogens with one attached hydrogen (secondary N) is 2. The number of aromatic nitrogens is 2. The number of carbonyl (C=O) groups is 1. The molecule has 1 fully saturated rings. The first kappa shape index (κ1) is 20.0. The average molecular weight is 390 g/mol. The average Bonchev–Trinajstić information content (AvgIpc) is 2.95. The predicted molar refractivity (Wildman–Crippen MR) is 108 cm³/mol. The second kappa shape index (κ2) is 7.73. The van der Waals surface area contributed by atoms with E-state index in [2.05, 4.69) is 15.3 Å². The lowest BCUT2D eigenvalue weighted by Gasteiger charge is -2.34. The molecule has 3 rings (SSSR count). The van der Waals surface area contributed by atoms with E-state index in [1.807, 2.05) is 45.8 Å². The minimum absolute atomic E-state index is 0.0952. The fourth-order valence-corrected chi connectivity index (χ4v) is 3.48. The quantitative estimate of drug-likeness (QED) is 0.550. The van der Waals surface area contributed by atoms with E-state index in [1.165, 1.54) is 0 Å². The van der Waals surface area contributed by atoms with Gasteiger partial charge in [0.15, 0.2) is 5.82 Å². The number of nitrogens with zero attached hydrogens (tertiary/aromatic N) is 4. The van der Waals surface area contributed by atoms with Crippen LogP contribution >= 0.6 is 0 Å². The number of likely N-dealkylation sites (tertiary alicyclic amines) is 1. The summed E-state index contributed by atoms with van der Waals surface area (Å²) in [7, 11) is 3.78. The zero-order valence-electron chi connectivity index (χ0n) is 17.3. The first-order valence-corrected chi connectivity index (χ1v) is 9.63. The van der Waals surface area contributed by atoms with Gasteiger partial charge in [-0.2, -0.15) is 0 Å². The van der Waals surface area contributed by atoms with Crippen LogP contribution in [0.4, 0.5) is 4.79 Å². The lowest BCUT2D eigenvalue weighted by Crippen LogP contribution is -2.48. The van der Waals surface area contributed by atoms with Gasteiger partial charge in [0.1, 0.15) is 11.0 Å². The fraction of sp³-hybridized carbons (Fsp3) is 0.632. The molecule has 0 aliphatic carbocycles. The Balaban J connectivity index is 1.92. The first-order chi connectivity index (χ1) is 13.2. The summed E-state index contributed by atoms with van der Waals surface area (Å²) in [5.74, 6) is 0.641. The molecule has 1 saturated heterocycles. The number of aliphatic imine (C=N–C) groups is 1. The smallest absolute Gasteiger partial charge is 0.410 e. The highest BCUT2D eigenvalue weighted by Gasteiger charge is 2.30. The molecule has 1 amide bonds. The Morgan fingerprint density at radius 3 is 2.82 bits per heavy atom. The number of hydrogen-bond acceptors (Lipinski definition) is 5. The molecule has 0 bridgehead atoms. The summed E-state index contributed by atoms with van der Waals surface area (Å²) in [6, 6.07) is -0.0952. The maximum Gasteiger partial charge on any atom is 0.410 e. The van der Waals surface area contributed by atoms with Crippen molar-refractivity contribution in [2.45, 2.75) is 45.3 Å². The molecule has 2 aliphatic heterocycles. The van der Waals surface area contributed by atoms with Gasteiger partial charge in [-0.25, -0.2) is 14.6 Å². The van der Waals surface area contributed by atoms with E-state index in [1.54, 1.807) is 15.8 Å². The van der Waals surface area contributed by atoms with Crippen molar-refractivity contribution in [1.29, 1.82) is 0 Å². The predicted octanol–water partition coefficient (Wildman–Crippen LogP) is -0.212. The standard InChI is InChI=1S/C19H30N6O3/c1-19(2,3)28-18(27)24-10-6-7-13(11-24)25-14-8-9-20-16(21-12-23(4)5)15(14)22-17(25)26/h8,12-13,20H,6-7,9-11H2,1-5H3,(H,22,26)/b21-12+. The van der Waals surface area contributed by atoms with E-state index >= 15 is 0 Å². The van der Waals surface area contributed by atoms with E-state index in [-0.39, 0.29) is 17.8 Å². The number of rotatable bonds is 3. The van der Waals surface area contributed by atoms with Gasteiger partial charge in [-0.1, -0.05) is 0 Å². The molecule has 1 aromatic rings. The van der Waals surface area contributed by atoms with Crippen molar-refractivity contribution >= 4 is 24.3 Å². The van der Waals surface area contributed by atoms with Crippen LogP contribution in [0.25, 0.3) is 11.9 Å². The van der Waals surface area contributed by atoms with E-state index in [0.29, 0.717) is 30.8 Å². The number of aromatic amines is 1. The molecule has 0 radical (unpaired) electrons. The van der Waals surface area contributed by atoms with Gasteiger partial charge >= 0.3 is 11.8 Å². The lowest BCUT2D eigenvalue weighted by molar-refractivity contribution is 0.0170. The van der Waals surface area contributed by atoms with Crippen molar-refractivity contribution in [2.75, 3.05) is 33.7 Å². The lowest BCUT2D eigenvalue weighted by atomic mass is 10.1.